The van der Waals surface area contributed by atoms with E-state index in [-0.39, 0.29) is 24.1 Å². The fraction of sp³-hybridized carbons (Fsp3) is 0.310. The second kappa shape index (κ2) is 10.5. The number of nitrogens with zero attached hydrogens (tertiary/aromatic N) is 4. The minimum absolute atomic E-state index is 0.118. The van der Waals surface area contributed by atoms with Gasteiger partial charge < -0.3 is 15.0 Å². The predicted molar refractivity (Wildman–Crippen MR) is 144 cm³/mol. The van der Waals surface area contributed by atoms with Crippen molar-refractivity contribution in [3.05, 3.63) is 76.7 Å². The summed E-state index contributed by atoms with van der Waals surface area (Å²) in [6.07, 6.45) is 4.80. The Kier molecular flexibility index (Phi) is 7.01. The first kappa shape index (κ1) is 24.6. The molecule has 37 heavy (non-hydrogen) atoms. The molecule has 0 spiro atoms. The highest BCUT2D eigenvalue weighted by Crippen LogP contribution is 2.26. The SMILES string of the molecule is COc1cccc(-c2nc3ncc(-c4cccc(CN(C)C)c4)cc3c(=O)n2CC(=O)NC2CCC2)c1. The van der Waals surface area contributed by atoms with Crippen LogP contribution >= 0.6 is 0 Å². The van der Waals surface area contributed by atoms with E-state index < -0.39 is 0 Å². The highest BCUT2D eigenvalue weighted by atomic mass is 16.5. The van der Waals surface area contributed by atoms with Crippen LogP contribution in [0.15, 0.2) is 65.6 Å². The van der Waals surface area contributed by atoms with Gasteiger partial charge in [-0.3, -0.25) is 14.2 Å². The molecule has 2 aromatic heterocycles. The molecule has 8 nitrogen and oxygen atoms in total. The average Bonchev–Trinajstić information content (AvgIpc) is 2.87. The summed E-state index contributed by atoms with van der Waals surface area (Å²) < 4.78 is 6.82. The van der Waals surface area contributed by atoms with Gasteiger partial charge in [0.05, 0.1) is 12.5 Å². The molecule has 0 radical (unpaired) electrons. The monoisotopic (exact) mass is 497 g/mol. The number of pyridine rings is 1. The first-order chi connectivity index (χ1) is 17.9. The van der Waals surface area contributed by atoms with Crippen LogP contribution in [0.3, 0.4) is 0 Å². The van der Waals surface area contributed by atoms with Gasteiger partial charge in [0.2, 0.25) is 5.91 Å². The lowest BCUT2D eigenvalue weighted by molar-refractivity contribution is -0.122. The van der Waals surface area contributed by atoms with Crippen LogP contribution in [0.2, 0.25) is 0 Å². The number of fused-ring (bicyclic) bond motifs is 1. The third-order valence-corrected chi connectivity index (χ3v) is 6.67. The number of benzene rings is 2. The van der Waals surface area contributed by atoms with E-state index >= 15 is 0 Å². The molecule has 8 heteroatoms. The summed E-state index contributed by atoms with van der Waals surface area (Å²) in [5, 5.41) is 3.40. The Labute approximate surface area is 215 Å². The molecule has 190 valence electrons. The lowest BCUT2D eigenvalue weighted by Crippen LogP contribution is -2.42. The van der Waals surface area contributed by atoms with E-state index in [0.29, 0.717) is 28.2 Å². The van der Waals surface area contributed by atoms with Gasteiger partial charge in [0.1, 0.15) is 18.1 Å². The van der Waals surface area contributed by atoms with Gasteiger partial charge in [0.15, 0.2) is 5.65 Å². The van der Waals surface area contributed by atoms with E-state index in [4.69, 9.17) is 9.72 Å². The molecule has 1 fully saturated rings. The average molecular weight is 498 g/mol. The number of aromatic nitrogens is 3. The summed E-state index contributed by atoms with van der Waals surface area (Å²) in [7, 11) is 5.64. The van der Waals surface area contributed by atoms with E-state index in [1.165, 1.54) is 10.1 Å². The van der Waals surface area contributed by atoms with E-state index in [1.807, 2.05) is 50.5 Å². The Bertz CT molecular complexity index is 1510. The number of methoxy groups -OCH3 is 1. The molecule has 2 aromatic carbocycles. The molecule has 0 atom stereocenters. The van der Waals surface area contributed by atoms with Crippen molar-refractivity contribution in [1.82, 2.24) is 24.8 Å². The molecular formula is C29H31N5O3. The number of hydrogen-bond acceptors (Lipinski definition) is 6. The van der Waals surface area contributed by atoms with E-state index in [9.17, 15) is 9.59 Å². The van der Waals surface area contributed by atoms with E-state index in [0.717, 1.165) is 36.9 Å². The Balaban J connectivity index is 1.61. The van der Waals surface area contributed by atoms with Gasteiger partial charge in [-0.05, 0) is 68.8 Å². The smallest absolute Gasteiger partial charge is 0.263 e. The molecule has 1 saturated carbocycles. The Morgan fingerprint density at radius 1 is 1.08 bits per heavy atom. The molecule has 0 saturated heterocycles. The summed E-state index contributed by atoms with van der Waals surface area (Å²) >= 11 is 0. The lowest BCUT2D eigenvalue weighted by Gasteiger charge is -2.26. The maximum Gasteiger partial charge on any atom is 0.263 e. The quantitative estimate of drug-likeness (QED) is 0.398. The van der Waals surface area contributed by atoms with Crippen LogP contribution in [-0.2, 0) is 17.9 Å². The van der Waals surface area contributed by atoms with Gasteiger partial charge in [-0.2, -0.15) is 0 Å². The van der Waals surface area contributed by atoms with Crippen molar-refractivity contribution in [3.63, 3.8) is 0 Å². The number of carbonyl (C=O) groups is 1. The van der Waals surface area contributed by atoms with Crippen LogP contribution in [0.4, 0.5) is 0 Å². The lowest BCUT2D eigenvalue weighted by atomic mass is 9.93. The Hall–Kier alpha value is -4.04. The molecule has 0 unspecified atom stereocenters. The standard InChI is InChI=1S/C29H31N5O3/c1-33(2)17-19-7-4-8-20(13-19)22-15-25-27(30-16-22)32-28(21-9-5-12-24(14-21)37-3)34(29(25)36)18-26(35)31-23-10-6-11-23/h4-5,7-9,12-16,23H,6,10-11,17-18H2,1-3H3,(H,31,35). The first-order valence-electron chi connectivity index (χ1n) is 12.5. The first-order valence-corrected chi connectivity index (χ1v) is 12.5. The van der Waals surface area contributed by atoms with Gasteiger partial charge in [-0.15, -0.1) is 0 Å². The highest BCUT2D eigenvalue weighted by molar-refractivity contribution is 5.83. The van der Waals surface area contributed by atoms with Crippen LogP contribution in [0.25, 0.3) is 33.5 Å². The largest absolute Gasteiger partial charge is 0.497 e. The molecule has 1 aliphatic rings. The van der Waals surface area contributed by atoms with Crippen LogP contribution in [0.5, 0.6) is 5.75 Å². The van der Waals surface area contributed by atoms with Crippen molar-refractivity contribution in [1.29, 1.82) is 0 Å². The third kappa shape index (κ3) is 5.39. The van der Waals surface area contributed by atoms with Gasteiger partial charge in [0, 0.05) is 29.9 Å². The predicted octanol–water partition coefficient (Wildman–Crippen LogP) is 3.86. The molecule has 0 aliphatic heterocycles. The van der Waals surface area contributed by atoms with E-state index in [1.54, 1.807) is 19.4 Å². The van der Waals surface area contributed by atoms with Gasteiger partial charge >= 0.3 is 0 Å². The number of hydrogen-bond donors (Lipinski definition) is 1. The topological polar surface area (TPSA) is 89.4 Å². The number of carbonyl (C=O) groups excluding carboxylic acids is 1. The molecule has 4 aromatic rings. The summed E-state index contributed by atoms with van der Waals surface area (Å²) in [6.45, 7) is 0.691. The zero-order valence-corrected chi connectivity index (χ0v) is 21.4. The van der Waals surface area contributed by atoms with Crippen molar-refractivity contribution in [2.75, 3.05) is 21.2 Å². The molecule has 1 N–H and O–H groups in total. The van der Waals surface area contributed by atoms with Crippen LogP contribution in [0, 0.1) is 0 Å². The second-order valence-corrected chi connectivity index (χ2v) is 9.79. The molecule has 2 heterocycles. The summed E-state index contributed by atoms with van der Waals surface area (Å²) in [5.41, 5.74) is 3.68. The van der Waals surface area contributed by atoms with E-state index in [2.05, 4.69) is 27.3 Å². The summed E-state index contributed by atoms with van der Waals surface area (Å²) in [5.74, 6) is 0.823. The van der Waals surface area contributed by atoms with Gasteiger partial charge in [0.25, 0.3) is 5.56 Å². The number of ether oxygens (including phenoxy) is 1. The zero-order chi connectivity index (χ0) is 25.9. The summed E-state index contributed by atoms with van der Waals surface area (Å²) in [6, 6.07) is 17.5. The minimum atomic E-state index is -0.301. The number of amides is 1. The molecular weight excluding hydrogens is 466 g/mol. The highest BCUT2D eigenvalue weighted by Gasteiger charge is 2.22. The summed E-state index contributed by atoms with van der Waals surface area (Å²) in [4.78, 5) is 38.1. The maximum atomic E-state index is 13.8. The van der Waals surface area contributed by atoms with Crippen LogP contribution < -0.4 is 15.6 Å². The van der Waals surface area contributed by atoms with Gasteiger partial charge in [-0.1, -0.05) is 30.3 Å². The number of nitrogens with one attached hydrogen (secondary N) is 1. The van der Waals surface area contributed by atoms with Crippen LogP contribution in [0.1, 0.15) is 24.8 Å². The third-order valence-electron chi connectivity index (χ3n) is 6.67. The van der Waals surface area contributed by atoms with Crippen LogP contribution in [-0.4, -0.2) is 52.6 Å². The Morgan fingerprint density at radius 2 is 1.86 bits per heavy atom. The van der Waals surface area contributed by atoms with Crippen molar-refractivity contribution < 1.29 is 9.53 Å². The molecule has 0 bridgehead atoms. The van der Waals surface area contributed by atoms with Gasteiger partial charge in [-0.25, -0.2) is 9.97 Å². The van der Waals surface area contributed by atoms with Crippen molar-refractivity contribution in [2.45, 2.75) is 38.4 Å². The fourth-order valence-corrected chi connectivity index (χ4v) is 4.58. The Morgan fingerprint density at radius 3 is 2.59 bits per heavy atom. The molecule has 5 rings (SSSR count). The molecule has 1 aliphatic carbocycles. The van der Waals surface area contributed by atoms with Crippen molar-refractivity contribution in [3.8, 4) is 28.3 Å². The zero-order valence-electron chi connectivity index (χ0n) is 21.4. The maximum absolute atomic E-state index is 13.8. The normalized spacial score (nSPS) is 13.5. The number of rotatable bonds is 8. The minimum Gasteiger partial charge on any atom is -0.497 e. The second-order valence-electron chi connectivity index (χ2n) is 9.79. The van der Waals surface area contributed by atoms with Crippen molar-refractivity contribution in [2.24, 2.45) is 0 Å². The molecule has 1 amide bonds. The fourth-order valence-electron chi connectivity index (χ4n) is 4.58. The van der Waals surface area contributed by atoms with Crippen molar-refractivity contribution >= 4 is 16.9 Å².